The second-order valence-electron chi connectivity index (χ2n) is 4.93. The van der Waals surface area contributed by atoms with E-state index >= 15 is 0 Å². The van der Waals surface area contributed by atoms with Crippen LogP contribution in [-0.2, 0) is 19.6 Å². The number of aromatic nitrogens is 2. The minimum absolute atomic E-state index is 0.0288. The second kappa shape index (κ2) is 5.05. The molecule has 0 spiro atoms. The minimum atomic E-state index is 0.0288. The SMILES string of the molecule is CNc1cccc(-c2nc(CO)c3n2CCCC3)c1. The molecule has 2 aromatic rings. The Bertz CT molecular complexity index is 589. The van der Waals surface area contributed by atoms with Crippen LogP contribution in [0.15, 0.2) is 24.3 Å². The summed E-state index contributed by atoms with van der Waals surface area (Å²) >= 11 is 0. The normalized spacial score (nSPS) is 14.2. The van der Waals surface area contributed by atoms with E-state index < -0.39 is 0 Å². The predicted octanol–water partition coefficient (Wildman–Crippen LogP) is 2.42. The van der Waals surface area contributed by atoms with Gasteiger partial charge in [-0.3, -0.25) is 0 Å². The Morgan fingerprint density at radius 2 is 2.26 bits per heavy atom. The van der Waals surface area contributed by atoms with Crippen LogP contribution in [0.5, 0.6) is 0 Å². The van der Waals surface area contributed by atoms with Crippen molar-refractivity contribution in [1.29, 1.82) is 0 Å². The molecule has 0 atom stereocenters. The van der Waals surface area contributed by atoms with E-state index in [-0.39, 0.29) is 6.61 Å². The molecule has 19 heavy (non-hydrogen) atoms. The van der Waals surface area contributed by atoms with Crippen molar-refractivity contribution >= 4 is 5.69 Å². The molecule has 4 nitrogen and oxygen atoms in total. The van der Waals surface area contributed by atoms with Gasteiger partial charge < -0.3 is 15.0 Å². The van der Waals surface area contributed by atoms with Crippen molar-refractivity contribution in [3.05, 3.63) is 35.7 Å². The number of aliphatic hydroxyl groups excluding tert-OH is 1. The highest BCUT2D eigenvalue weighted by Gasteiger charge is 2.20. The number of anilines is 1. The van der Waals surface area contributed by atoms with Crippen LogP contribution in [0.4, 0.5) is 5.69 Å². The molecule has 1 aromatic carbocycles. The molecular formula is C15H19N3O. The van der Waals surface area contributed by atoms with Crippen molar-refractivity contribution in [2.24, 2.45) is 0 Å². The number of hydrogen-bond donors (Lipinski definition) is 2. The van der Waals surface area contributed by atoms with Gasteiger partial charge in [-0.05, 0) is 31.4 Å². The number of aliphatic hydroxyl groups is 1. The lowest BCUT2D eigenvalue weighted by molar-refractivity contribution is 0.275. The lowest BCUT2D eigenvalue weighted by Gasteiger charge is -2.17. The lowest BCUT2D eigenvalue weighted by Crippen LogP contribution is -2.12. The molecule has 2 heterocycles. The molecule has 1 aliphatic rings. The molecule has 0 saturated heterocycles. The van der Waals surface area contributed by atoms with Crippen LogP contribution in [-0.4, -0.2) is 21.7 Å². The Labute approximate surface area is 113 Å². The van der Waals surface area contributed by atoms with Gasteiger partial charge in [-0.1, -0.05) is 12.1 Å². The number of nitrogens with one attached hydrogen (secondary N) is 1. The number of fused-ring (bicyclic) bond motifs is 1. The third-order valence-corrected chi connectivity index (χ3v) is 3.76. The van der Waals surface area contributed by atoms with Crippen LogP contribution >= 0.6 is 0 Å². The Balaban J connectivity index is 2.11. The largest absolute Gasteiger partial charge is 0.390 e. The Hall–Kier alpha value is -1.81. The fraction of sp³-hybridized carbons (Fsp3) is 0.400. The smallest absolute Gasteiger partial charge is 0.140 e. The van der Waals surface area contributed by atoms with E-state index in [0.717, 1.165) is 35.7 Å². The zero-order valence-electron chi connectivity index (χ0n) is 11.2. The molecule has 100 valence electrons. The first-order valence-corrected chi connectivity index (χ1v) is 6.81. The molecule has 4 heteroatoms. The monoisotopic (exact) mass is 257 g/mol. The van der Waals surface area contributed by atoms with Gasteiger partial charge in [0.2, 0.25) is 0 Å². The molecule has 2 N–H and O–H groups in total. The maximum absolute atomic E-state index is 9.47. The molecule has 0 bridgehead atoms. The van der Waals surface area contributed by atoms with E-state index in [1.54, 1.807) is 0 Å². The van der Waals surface area contributed by atoms with Gasteiger partial charge in [0.25, 0.3) is 0 Å². The van der Waals surface area contributed by atoms with E-state index in [0.29, 0.717) is 0 Å². The van der Waals surface area contributed by atoms with E-state index in [1.165, 1.54) is 18.5 Å². The topological polar surface area (TPSA) is 50.1 Å². The highest BCUT2D eigenvalue weighted by atomic mass is 16.3. The first kappa shape index (κ1) is 12.2. The summed E-state index contributed by atoms with van der Waals surface area (Å²) in [6.07, 6.45) is 3.40. The first-order chi connectivity index (χ1) is 9.33. The number of benzene rings is 1. The second-order valence-corrected chi connectivity index (χ2v) is 4.93. The summed E-state index contributed by atoms with van der Waals surface area (Å²) in [7, 11) is 1.92. The van der Waals surface area contributed by atoms with Gasteiger partial charge >= 0.3 is 0 Å². The fourth-order valence-electron chi connectivity index (χ4n) is 2.78. The van der Waals surface area contributed by atoms with Crippen LogP contribution in [0, 0.1) is 0 Å². The summed E-state index contributed by atoms with van der Waals surface area (Å²) in [5, 5.41) is 12.6. The Morgan fingerprint density at radius 1 is 1.37 bits per heavy atom. The third kappa shape index (κ3) is 2.12. The van der Waals surface area contributed by atoms with Crippen molar-refractivity contribution < 1.29 is 5.11 Å². The van der Waals surface area contributed by atoms with Gasteiger partial charge in [0.15, 0.2) is 0 Å². The van der Waals surface area contributed by atoms with Gasteiger partial charge in [0.05, 0.1) is 12.3 Å². The standard InChI is InChI=1S/C15H19N3O/c1-16-12-6-4-5-11(9-12)15-17-13(10-19)14-7-2-3-8-18(14)15/h4-6,9,16,19H,2-3,7-8,10H2,1H3. The van der Waals surface area contributed by atoms with Gasteiger partial charge in [-0.15, -0.1) is 0 Å². The Morgan fingerprint density at radius 3 is 3.05 bits per heavy atom. The molecule has 3 rings (SSSR count). The maximum atomic E-state index is 9.47. The number of hydrogen-bond acceptors (Lipinski definition) is 3. The van der Waals surface area contributed by atoms with Gasteiger partial charge in [0.1, 0.15) is 5.82 Å². The molecule has 0 fully saturated rings. The summed E-state index contributed by atoms with van der Waals surface area (Å²) in [5.41, 5.74) is 4.23. The number of nitrogens with zero attached hydrogens (tertiary/aromatic N) is 2. The molecule has 0 unspecified atom stereocenters. The third-order valence-electron chi connectivity index (χ3n) is 3.76. The summed E-state index contributed by atoms with van der Waals surface area (Å²) in [6, 6.07) is 8.25. The van der Waals surface area contributed by atoms with Crippen molar-refractivity contribution in [2.45, 2.75) is 32.4 Å². The van der Waals surface area contributed by atoms with Crippen molar-refractivity contribution in [3.63, 3.8) is 0 Å². The molecule has 1 aliphatic heterocycles. The van der Waals surface area contributed by atoms with Crippen molar-refractivity contribution in [2.75, 3.05) is 12.4 Å². The van der Waals surface area contributed by atoms with E-state index in [2.05, 4.69) is 27.0 Å². The van der Waals surface area contributed by atoms with Crippen LogP contribution in [0.2, 0.25) is 0 Å². The number of imidazole rings is 1. The lowest BCUT2D eigenvalue weighted by atomic mass is 10.1. The molecule has 0 radical (unpaired) electrons. The van der Waals surface area contributed by atoms with Crippen LogP contribution in [0.25, 0.3) is 11.4 Å². The van der Waals surface area contributed by atoms with Crippen molar-refractivity contribution in [1.82, 2.24) is 9.55 Å². The Kier molecular flexibility index (Phi) is 3.25. The van der Waals surface area contributed by atoms with Crippen LogP contribution in [0.3, 0.4) is 0 Å². The summed E-state index contributed by atoms with van der Waals surface area (Å²) in [5.74, 6) is 0.982. The predicted molar refractivity (Wildman–Crippen MR) is 76.1 cm³/mol. The fourth-order valence-corrected chi connectivity index (χ4v) is 2.78. The van der Waals surface area contributed by atoms with Crippen LogP contribution < -0.4 is 5.32 Å². The van der Waals surface area contributed by atoms with E-state index in [9.17, 15) is 5.11 Å². The summed E-state index contributed by atoms with van der Waals surface area (Å²) < 4.78 is 2.27. The van der Waals surface area contributed by atoms with E-state index in [1.807, 2.05) is 19.2 Å². The highest BCUT2D eigenvalue weighted by Crippen LogP contribution is 2.28. The summed E-state index contributed by atoms with van der Waals surface area (Å²) in [6.45, 7) is 1.03. The van der Waals surface area contributed by atoms with Crippen LogP contribution in [0.1, 0.15) is 24.2 Å². The quantitative estimate of drug-likeness (QED) is 0.888. The average Bonchev–Trinajstić information content (AvgIpc) is 2.86. The molecule has 0 amide bonds. The highest BCUT2D eigenvalue weighted by molar-refractivity contribution is 5.63. The zero-order chi connectivity index (χ0) is 13.2. The molecule has 0 aliphatic carbocycles. The maximum Gasteiger partial charge on any atom is 0.140 e. The minimum Gasteiger partial charge on any atom is -0.390 e. The van der Waals surface area contributed by atoms with Crippen molar-refractivity contribution in [3.8, 4) is 11.4 Å². The van der Waals surface area contributed by atoms with Gasteiger partial charge in [0, 0.05) is 30.5 Å². The summed E-state index contributed by atoms with van der Waals surface area (Å²) in [4.78, 5) is 4.64. The van der Waals surface area contributed by atoms with Gasteiger partial charge in [-0.25, -0.2) is 4.98 Å². The molecular weight excluding hydrogens is 238 g/mol. The molecule has 0 saturated carbocycles. The average molecular weight is 257 g/mol. The zero-order valence-corrected chi connectivity index (χ0v) is 11.2. The van der Waals surface area contributed by atoms with Gasteiger partial charge in [-0.2, -0.15) is 0 Å². The molecule has 1 aromatic heterocycles. The number of rotatable bonds is 3. The first-order valence-electron chi connectivity index (χ1n) is 6.81. The van der Waals surface area contributed by atoms with E-state index in [4.69, 9.17) is 0 Å².